The van der Waals surface area contributed by atoms with Crippen LogP contribution in [0, 0.1) is 0 Å². The highest BCUT2D eigenvalue weighted by molar-refractivity contribution is 5.89. The first-order valence-corrected chi connectivity index (χ1v) is 8.71. The van der Waals surface area contributed by atoms with E-state index in [4.69, 9.17) is 0 Å². The van der Waals surface area contributed by atoms with Crippen molar-refractivity contribution >= 4 is 17.5 Å². The summed E-state index contributed by atoms with van der Waals surface area (Å²) in [6.45, 7) is 0. The summed E-state index contributed by atoms with van der Waals surface area (Å²) in [5.41, 5.74) is 5.72. The van der Waals surface area contributed by atoms with E-state index >= 15 is 0 Å². The summed E-state index contributed by atoms with van der Waals surface area (Å²) in [6, 6.07) is 14.3. The molecule has 0 fully saturated rings. The SMILES string of the molecule is Cn1cnnc1-c1ccc(NN(C(=O)O)c2ccc(-c3nncn3C)cc2)cc1. The zero-order chi connectivity index (χ0) is 20.4. The van der Waals surface area contributed by atoms with E-state index in [1.807, 2.05) is 30.8 Å². The van der Waals surface area contributed by atoms with Crippen molar-refractivity contribution < 1.29 is 9.90 Å². The van der Waals surface area contributed by atoms with Crippen LogP contribution in [0.15, 0.2) is 61.2 Å². The lowest BCUT2D eigenvalue weighted by Gasteiger charge is -2.21. The van der Waals surface area contributed by atoms with Gasteiger partial charge in [0.1, 0.15) is 12.7 Å². The van der Waals surface area contributed by atoms with Crippen molar-refractivity contribution in [3.05, 3.63) is 61.2 Å². The third-order valence-corrected chi connectivity index (χ3v) is 4.38. The van der Waals surface area contributed by atoms with Crippen LogP contribution in [0.3, 0.4) is 0 Å². The molecule has 0 aliphatic carbocycles. The standard InChI is InChI=1S/C19H18N8O2/c1-25-11-20-22-17(25)13-3-7-15(8-4-13)24-27(19(28)29)16-9-5-14(6-10-16)18-23-21-12-26(18)2/h3-12,24H,1-2H3,(H,28,29). The van der Waals surface area contributed by atoms with Gasteiger partial charge in [0.25, 0.3) is 0 Å². The molecule has 0 radical (unpaired) electrons. The van der Waals surface area contributed by atoms with E-state index in [1.54, 1.807) is 53.6 Å². The Bertz CT molecular complexity index is 1130. The fraction of sp³-hybridized carbons (Fsp3) is 0.105. The molecule has 4 aromatic rings. The number of amides is 1. The quantitative estimate of drug-likeness (QED) is 0.504. The molecule has 2 heterocycles. The molecule has 0 spiro atoms. The molecule has 0 atom stereocenters. The van der Waals surface area contributed by atoms with E-state index in [0.717, 1.165) is 22.0 Å². The first kappa shape index (κ1) is 18.2. The molecule has 0 saturated carbocycles. The third kappa shape index (κ3) is 3.63. The summed E-state index contributed by atoms with van der Waals surface area (Å²) < 4.78 is 3.60. The number of benzene rings is 2. The maximum absolute atomic E-state index is 11.8. The molecule has 0 saturated heterocycles. The summed E-state index contributed by atoms with van der Waals surface area (Å²) in [7, 11) is 3.71. The van der Waals surface area contributed by atoms with Gasteiger partial charge in [-0.2, -0.15) is 5.01 Å². The molecular weight excluding hydrogens is 372 g/mol. The number of hydrazine groups is 1. The van der Waals surface area contributed by atoms with Crippen molar-refractivity contribution in [1.29, 1.82) is 0 Å². The Balaban J connectivity index is 1.55. The van der Waals surface area contributed by atoms with E-state index in [1.165, 1.54) is 0 Å². The van der Waals surface area contributed by atoms with Gasteiger partial charge in [0.05, 0.1) is 11.4 Å². The van der Waals surface area contributed by atoms with Crippen LogP contribution < -0.4 is 10.4 Å². The zero-order valence-corrected chi connectivity index (χ0v) is 15.8. The number of anilines is 2. The summed E-state index contributed by atoms with van der Waals surface area (Å²) >= 11 is 0. The van der Waals surface area contributed by atoms with Crippen LogP contribution in [0.1, 0.15) is 0 Å². The summed E-state index contributed by atoms with van der Waals surface area (Å²) in [4.78, 5) is 11.8. The van der Waals surface area contributed by atoms with E-state index < -0.39 is 6.09 Å². The average Bonchev–Trinajstić information content (AvgIpc) is 3.35. The summed E-state index contributed by atoms with van der Waals surface area (Å²) in [5, 5.41) is 26.5. The smallest absolute Gasteiger partial charge is 0.430 e. The lowest BCUT2D eigenvalue weighted by Crippen LogP contribution is -2.34. The van der Waals surface area contributed by atoms with Gasteiger partial charge in [-0.1, -0.05) is 0 Å². The molecule has 29 heavy (non-hydrogen) atoms. The predicted molar refractivity (Wildman–Crippen MR) is 107 cm³/mol. The molecule has 2 aromatic heterocycles. The Morgan fingerprint density at radius 3 is 1.76 bits per heavy atom. The fourth-order valence-corrected chi connectivity index (χ4v) is 2.89. The monoisotopic (exact) mass is 390 g/mol. The number of nitrogens with zero attached hydrogens (tertiary/aromatic N) is 7. The molecule has 0 aliphatic heterocycles. The second kappa shape index (κ2) is 7.43. The molecule has 10 nitrogen and oxygen atoms in total. The number of aryl methyl sites for hydroxylation is 2. The molecular formula is C19H18N8O2. The van der Waals surface area contributed by atoms with Gasteiger partial charge in [0.2, 0.25) is 0 Å². The molecule has 1 amide bonds. The van der Waals surface area contributed by atoms with Crippen molar-refractivity contribution in [3.63, 3.8) is 0 Å². The largest absolute Gasteiger partial charge is 0.463 e. The van der Waals surface area contributed by atoms with Gasteiger partial charge in [-0.3, -0.25) is 5.43 Å². The van der Waals surface area contributed by atoms with Crippen LogP contribution in [-0.2, 0) is 14.1 Å². The number of rotatable bonds is 5. The van der Waals surface area contributed by atoms with Crippen molar-refractivity contribution in [3.8, 4) is 22.8 Å². The molecule has 146 valence electrons. The van der Waals surface area contributed by atoms with Gasteiger partial charge < -0.3 is 14.2 Å². The number of carboxylic acid groups (broad SMARTS) is 1. The molecule has 0 aliphatic rings. The van der Waals surface area contributed by atoms with Gasteiger partial charge in [-0.05, 0) is 48.5 Å². The second-order valence-corrected chi connectivity index (χ2v) is 6.38. The number of nitrogens with one attached hydrogen (secondary N) is 1. The van der Waals surface area contributed by atoms with E-state index in [-0.39, 0.29) is 0 Å². The highest BCUT2D eigenvalue weighted by atomic mass is 16.4. The summed E-state index contributed by atoms with van der Waals surface area (Å²) in [5.74, 6) is 1.43. The minimum absolute atomic E-state index is 0.473. The average molecular weight is 390 g/mol. The third-order valence-electron chi connectivity index (χ3n) is 4.38. The van der Waals surface area contributed by atoms with E-state index in [2.05, 4.69) is 25.8 Å². The Kier molecular flexibility index (Phi) is 4.65. The van der Waals surface area contributed by atoms with Crippen LogP contribution in [0.2, 0.25) is 0 Å². The Labute approximate surface area is 166 Å². The maximum Gasteiger partial charge on any atom is 0.430 e. The van der Waals surface area contributed by atoms with Gasteiger partial charge >= 0.3 is 6.09 Å². The van der Waals surface area contributed by atoms with Gasteiger partial charge in [0.15, 0.2) is 11.6 Å². The lowest BCUT2D eigenvalue weighted by atomic mass is 10.2. The number of hydrogen-bond donors (Lipinski definition) is 2. The molecule has 2 aromatic carbocycles. The normalized spacial score (nSPS) is 10.7. The first-order valence-electron chi connectivity index (χ1n) is 8.71. The lowest BCUT2D eigenvalue weighted by molar-refractivity contribution is 0.203. The zero-order valence-electron chi connectivity index (χ0n) is 15.8. The molecule has 0 unspecified atom stereocenters. The van der Waals surface area contributed by atoms with Gasteiger partial charge in [-0.15, -0.1) is 20.4 Å². The van der Waals surface area contributed by atoms with E-state index in [0.29, 0.717) is 17.2 Å². The van der Waals surface area contributed by atoms with Crippen LogP contribution in [0.4, 0.5) is 16.2 Å². The Hall–Kier alpha value is -4.21. The van der Waals surface area contributed by atoms with Crippen LogP contribution in [-0.4, -0.2) is 40.7 Å². The maximum atomic E-state index is 11.8. The highest BCUT2D eigenvalue weighted by Gasteiger charge is 2.16. The van der Waals surface area contributed by atoms with Crippen molar-refractivity contribution in [2.45, 2.75) is 0 Å². The van der Waals surface area contributed by atoms with E-state index in [9.17, 15) is 9.90 Å². The summed E-state index contributed by atoms with van der Waals surface area (Å²) in [6.07, 6.45) is 2.10. The van der Waals surface area contributed by atoms with Crippen molar-refractivity contribution in [2.24, 2.45) is 14.1 Å². The highest BCUT2D eigenvalue weighted by Crippen LogP contribution is 2.24. The Morgan fingerprint density at radius 2 is 1.34 bits per heavy atom. The number of carbonyl (C=O) groups is 1. The van der Waals surface area contributed by atoms with Crippen molar-refractivity contribution in [1.82, 2.24) is 29.5 Å². The Morgan fingerprint density at radius 1 is 0.862 bits per heavy atom. The molecule has 4 rings (SSSR count). The van der Waals surface area contributed by atoms with Crippen molar-refractivity contribution in [2.75, 3.05) is 10.4 Å². The van der Waals surface area contributed by atoms with Gasteiger partial charge in [-0.25, -0.2) is 4.79 Å². The van der Waals surface area contributed by atoms with Crippen LogP contribution in [0.25, 0.3) is 22.8 Å². The molecule has 2 N–H and O–H groups in total. The minimum Gasteiger partial charge on any atom is -0.463 e. The molecule has 0 bridgehead atoms. The van der Waals surface area contributed by atoms with Crippen LogP contribution >= 0.6 is 0 Å². The number of hydrogen-bond acceptors (Lipinski definition) is 6. The molecule has 10 heteroatoms. The van der Waals surface area contributed by atoms with Gasteiger partial charge in [0, 0.05) is 25.2 Å². The fourth-order valence-electron chi connectivity index (χ4n) is 2.89. The van der Waals surface area contributed by atoms with Crippen LogP contribution in [0.5, 0.6) is 0 Å². The second-order valence-electron chi connectivity index (χ2n) is 6.38. The first-order chi connectivity index (χ1) is 14.0. The predicted octanol–water partition coefficient (Wildman–Crippen LogP) is 2.79. The minimum atomic E-state index is -1.13. The topological polar surface area (TPSA) is 114 Å². The number of aromatic nitrogens is 6.